The fourth-order valence-corrected chi connectivity index (χ4v) is 3.14. The van der Waals surface area contributed by atoms with Gasteiger partial charge in [-0.05, 0) is 24.6 Å². The first kappa shape index (κ1) is 21.8. The lowest BCUT2D eigenvalue weighted by Crippen LogP contribution is -2.08. The number of hydrogen-bond acceptors (Lipinski definition) is 6. The van der Waals surface area contributed by atoms with Crippen molar-refractivity contribution in [1.82, 2.24) is 24.6 Å². The Balaban J connectivity index is 1.50. The molecule has 0 saturated heterocycles. The first-order chi connectivity index (χ1) is 15.3. The topological polar surface area (TPSA) is 74.4 Å². The van der Waals surface area contributed by atoms with Crippen LogP contribution in [0.15, 0.2) is 49.1 Å². The summed E-state index contributed by atoms with van der Waals surface area (Å²) >= 11 is 5.95. The number of hydrogen-bond donors (Lipinski definition) is 0. The van der Waals surface area contributed by atoms with Crippen LogP contribution < -0.4 is 9.47 Å². The molecule has 0 amide bonds. The molecule has 0 saturated carbocycles. The third-order valence-electron chi connectivity index (χ3n) is 4.45. The van der Waals surface area contributed by atoms with Crippen LogP contribution in [0.25, 0.3) is 5.65 Å². The van der Waals surface area contributed by atoms with E-state index in [9.17, 15) is 13.2 Å². The van der Waals surface area contributed by atoms with E-state index in [4.69, 9.17) is 21.1 Å². The van der Waals surface area contributed by atoms with Crippen molar-refractivity contribution in [2.75, 3.05) is 6.61 Å². The SMILES string of the molecule is CCOc1cc(Cc2cnc3cc(Cl)cnn23)cnc1OCc1ccc(C(F)(F)F)nc1. The lowest BCUT2D eigenvalue weighted by atomic mass is 10.1. The average Bonchev–Trinajstić information content (AvgIpc) is 3.14. The minimum Gasteiger partial charge on any atom is -0.488 e. The Bertz CT molecular complexity index is 1230. The summed E-state index contributed by atoms with van der Waals surface area (Å²) in [6.07, 6.45) is 2.02. The molecule has 7 nitrogen and oxygen atoms in total. The van der Waals surface area contributed by atoms with Crippen LogP contribution in [0, 0.1) is 0 Å². The number of rotatable bonds is 7. The fourth-order valence-electron chi connectivity index (χ4n) is 3.00. The number of imidazole rings is 1. The molecule has 0 aliphatic carbocycles. The van der Waals surface area contributed by atoms with Crippen molar-refractivity contribution in [3.05, 3.63) is 76.6 Å². The Morgan fingerprint density at radius 3 is 2.50 bits per heavy atom. The van der Waals surface area contributed by atoms with Gasteiger partial charge in [0.25, 0.3) is 5.88 Å². The van der Waals surface area contributed by atoms with Crippen molar-refractivity contribution in [3.63, 3.8) is 0 Å². The van der Waals surface area contributed by atoms with E-state index in [1.807, 2.05) is 6.92 Å². The molecule has 4 aromatic rings. The molecule has 0 atom stereocenters. The summed E-state index contributed by atoms with van der Waals surface area (Å²) in [6, 6.07) is 5.74. The van der Waals surface area contributed by atoms with Crippen LogP contribution in [0.5, 0.6) is 11.6 Å². The van der Waals surface area contributed by atoms with Crippen LogP contribution in [0.1, 0.15) is 29.4 Å². The molecule has 0 aliphatic rings. The molecular formula is C21H17ClF3N5O2. The molecule has 4 rings (SSSR count). The summed E-state index contributed by atoms with van der Waals surface area (Å²) in [5.41, 5.74) is 1.83. The van der Waals surface area contributed by atoms with E-state index < -0.39 is 11.9 Å². The Hall–Kier alpha value is -3.40. The molecule has 166 valence electrons. The van der Waals surface area contributed by atoms with Gasteiger partial charge in [-0.1, -0.05) is 17.7 Å². The van der Waals surface area contributed by atoms with Gasteiger partial charge in [0.15, 0.2) is 11.4 Å². The first-order valence-corrected chi connectivity index (χ1v) is 9.96. The van der Waals surface area contributed by atoms with Gasteiger partial charge in [-0.15, -0.1) is 0 Å². The van der Waals surface area contributed by atoms with Gasteiger partial charge >= 0.3 is 6.18 Å². The number of aromatic nitrogens is 5. The zero-order chi connectivity index (χ0) is 22.7. The first-order valence-electron chi connectivity index (χ1n) is 9.58. The number of nitrogens with zero attached hydrogens (tertiary/aromatic N) is 5. The summed E-state index contributed by atoms with van der Waals surface area (Å²) in [4.78, 5) is 12.1. The van der Waals surface area contributed by atoms with Crippen LogP contribution in [0.2, 0.25) is 5.02 Å². The van der Waals surface area contributed by atoms with Crippen molar-refractivity contribution < 1.29 is 22.6 Å². The van der Waals surface area contributed by atoms with Gasteiger partial charge < -0.3 is 9.47 Å². The predicted octanol–water partition coefficient (Wildman–Crippen LogP) is 4.76. The largest absolute Gasteiger partial charge is 0.488 e. The number of fused-ring (bicyclic) bond motifs is 1. The van der Waals surface area contributed by atoms with Crippen LogP contribution in [-0.2, 0) is 19.2 Å². The van der Waals surface area contributed by atoms with Crippen LogP contribution in [0.3, 0.4) is 0 Å². The summed E-state index contributed by atoms with van der Waals surface area (Å²) in [5.74, 6) is 0.660. The van der Waals surface area contributed by atoms with Gasteiger partial charge in [-0.2, -0.15) is 18.3 Å². The van der Waals surface area contributed by atoms with Crippen molar-refractivity contribution in [1.29, 1.82) is 0 Å². The van der Waals surface area contributed by atoms with E-state index in [0.717, 1.165) is 23.5 Å². The van der Waals surface area contributed by atoms with Crippen molar-refractivity contribution in [2.24, 2.45) is 0 Å². The van der Waals surface area contributed by atoms with E-state index in [0.29, 0.717) is 35.0 Å². The molecule has 4 aromatic heterocycles. The Morgan fingerprint density at radius 1 is 0.969 bits per heavy atom. The number of ether oxygens (including phenoxy) is 2. The van der Waals surface area contributed by atoms with E-state index in [-0.39, 0.29) is 12.5 Å². The molecule has 0 radical (unpaired) electrons. The van der Waals surface area contributed by atoms with Gasteiger partial charge in [0.05, 0.1) is 29.7 Å². The molecule has 0 fully saturated rings. The monoisotopic (exact) mass is 463 g/mol. The van der Waals surface area contributed by atoms with E-state index >= 15 is 0 Å². The Kier molecular flexibility index (Phi) is 6.13. The second-order valence-electron chi connectivity index (χ2n) is 6.79. The van der Waals surface area contributed by atoms with Crippen molar-refractivity contribution in [3.8, 4) is 11.6 Å². The molecule has 32 heavy (non-hydrogen) atoms. The minimum atomic E-state index is -4.48. The molecule has 0 bridgehead atoms. The van der Waals surface area contributed by atoms with Crippen LogP contribution in [0.4, 0.5) is 13.2 Å². The van der Waals surface area contributed by atoms with Crippen LogP contribution >= 0.6 is 11.6 Å². The highest BCUT2D eigenvalue weighted by Crippen LogP contribution is 2.29. The third-order valence-corrected chi connectivity index (χ3v) is 4.66. The predicted molar refractivity (Wildman–Crippen MR) is 110 cm³/mol. The maximum absolute atomic E-state index is 12.6. The third kappa shape index (κ3) is 4.91. The van der Waals surface area contributed by atoms with E-state index in [1.54, 1.807) is 29.0 Å². The smallest absolute Gasteiger partial charge is 0.433 e. The lowest BCUT2D eigenvalue weighted by Gasteiger charge is -2.12. The molecule has 0 unspecified atom stereocenters. The zero-order valence-electron chi connectivity index (χ0n) is 16.8. The maximum Gasteiger partial charge on any atom is 0.433 e. The molecule has 11 heteroatoms. The molecular weight excluding hydrogens is 447 g/mol. The van der Waals surface area contributed by atoms with Gasteiger partial charge in [-0.3, -0.25) is 4.98 Å². The quantitative estimate of drug-likeness (QED) is 0.393. The highest BCUT2D eigenvalue weighted by atomic mass is 35.5. The summed E-state index contributed by atoms with van der Waals surface area (Å²) < 4.78 is 51.0. The molecule has 0 spiro atoms. The highest BCUT2D eigenvalue weighted by molar-refractivity contribution is 6.30. The summed E-state index contributed by atoms with van der Waals surface area (Å²) in [5, 5.41) is 4.77. The molecule has 0 aliphatic heterocycles. The minimum absolute atomic E-state index is 0.00447. The Labute approximate surface area is 185 Å². The van der Waals surface area contributed by atoms with E-state index in [1.165, 1.54) is 12.3 Å². The number of alkyl halides is 3. The molecule has 0 aromatic carbocycles. The maximum atomic E-state index is 12.6. The van der Waals surface area contributed by atoms with E-state index in [2.05, 4.69) is 20.1 Å². The van der Waals surface area contributed by atoms with Gasteiger partial charge in [0.2, 0.25) is 0 Å². The normalized spacial score (nSPS) is 11.7. The standard InChI is InChI=1S/C21H17ClF3N5O2/c1-2-31-17-6-14(5-16-11-27-19-7-15(22)10-29-30(16)19)9-28-20(17)32-12-13-3-4-18(26-8-13)21(23,24)25/h3-4,6-11H,2,5,12H2,1H3. The summed E-state index contributed by atoms with van der Waals surface area (Å²) in [7, 11) is 0. The van der Waals surface area contributed by atoms with Gasteiger partial charge in [-0.25, -0.2) is 14.5 Å². The van der Waals surface area contributed by atoms with Gasteiger partial charge in [0, 0.05) is 30.4 Å². The lowest BCUT2D eigenvalue weighted by molar-refractivity contribution is -0.141. The second kappa shape index (κ2) is 8.99. The zero-order valence-corrected chi connectivity index (χ0v) is 17.6. The second-order valence-corrected chi connectivity index (χ2v) is 7.22. The van der Waals surface area contributed by atoms with Crippen LogP contribution in [-0.4, -0.2) is 31.2 Å². The highest BCUT2D eigenvalue weighted by Gasteiger charge is 2.32. The van der Waals surface area contributed by atoms with Gasteiger partial charge in [0.1, 0.15) is 12.3 Å². The molecule has 0 N–H and O–H groups in total. The van der Waals surface area contributed by atoms with Crippen molar-refractivity contribution >= 4 is 17.2 Å². The number of halogens is 4. The Morgan fingerprint density at radius 2 is 1.78 bits per heavy atom. The molecule has 4 heterocycles. The fraction of sp³-hybridized carbons (Fsp3) is 0.238. The van der Waals surface area contributed by atoms with Crippen molar-refractivity contribution in [2.45, 2.75) is 26.1 Å². The number of pyridine rings is 2. The summed E-state index contributed by atoms with van der Waals surface area (Å²) in [6.45, 7) is 2.21. The average molecular weight is 464 g/mol.